The van der Waals surface area contributed by atoms with Gasteiger partial charge in [0, 0.05) is 25.3 Å². The van der Waals surface area contributed by atoms with Crippen LogP contribution in [0.25, 0.3) is 0 Å². The third-order valence-corrected chi connectivity index (χ3v) is 11.3. The van der Waals surface area contributed by atoms with E-state index in [0.717, 1.165) is 11.8 Å². The average Bonchev–Trinajstić information content (AvgIpc) is 2.41. The summed E-state index contributed by atoms with van der Waals surface area (Å²) in [6.45, 7) is 9.73. The van der Waals surface area contributed by atoms with Crippen molar-refractivity contribution in [3.63, 3.8) is 0 Å². The molecule has 0 aromatic heterocycles. The van der Waals surface area contributed by atoms with Gasteiger partial charge in [0.25, 0.3) is 0 Å². The molecule has 124 valence electrons. The van der Waals surface area contributed by atoms with Gasteiger partial charge in [-0.15, -0.1) is 0 Å². The quantitative estimate of drug-likeness (QED) is 0.636. The maximum absolute atomic E-state index is 6.32. The van der Waals surface area contributed by atoms with Gasteiger partial charge < -0.3 is 8.85 Å². The van der Waals surface area contributed by atoms with Gasteiger partial charge in [0.1, 0.15) is 0 Å². The van der Waals surface area contributed by atoms with E-state index in [9.17, 15) is 0 Å². The molecule has 0 saturated heterocycles. The monoisotopic (exact) mass is 312 g/mol. The summed E-state index contributed by atoms with van der Waals surface area (Å²) in [4.78, 5) is 0. The lowest BCUT2D eigenvalue weighted by molar-refractivity contribution is 0.131. The highest BCUT2D eigenvalue weighted by molar-refractivity contribution is 6.70. The third kappa shape index (κ3) is 3.40. The fourth-order valence-electron chi connectivity index (χ4n) is 5.50. The number of hydrogen-bond acceptors (Lipinski definition) is 2. The molecule has 2 saturated carbocycles. The highest BCUT2D eigenvalue weighted by Gasteiger charge is 2.57. The van der Waals surface area contributed by atoms with Crippen molar-refractivity contribution in [3.8, 4) is 0 Å². The van der Waals surface area contributed by atoms with Crippen LogP contribution in [-0.2, 0) is 8.85 Å². The average molecular weight is 313 g/mol. The number of hydrogen-bond donors (Lipinski definition) is 0. The molecule has 2 aliphatic carbocycles. The van der Waals surface area contributed by atoms with Crippen molar-refractivity contribution in [1.29, 1.82) is 0 Å². The molecule has 3 heteroatoms. The van der Waals surface area contributed by atoms with Gasteiger partial charge in [0.15, 0.2) is 0 Å². The Balaban J connectivity index is 2.30. The van der Waals surface area contributed by atoms with Gasteiger partial charge in [0.2, 0.25) is 0 Å². The Morgan fingerprint density at radius 1 is 0.905 bits per heavy atom. The molecule has 2 nitrogen and oxygen atoms in total. The summed E-state index contributed by atoms with van der Waals surface area (Å²) < 4.78 is 12.6. The lowest BCUT2D eigenvalue weighted by atomic mass is 9.77. The standard InChI is InChI=1S/C18H36O2Si/c1-14-11-15(2)13-16(12-14)21(19-5,20-6)17-9-7-8-10-18(17,3)4/h14-17H,7-13H2,1-6H3. The van der Waals surface area contributed by atoms with Crippen molar-refractivity contribution in [3.05, 3.63) is 0 Å². The van der Waals surface area contributed by atoms with Crippen LogP contribution in [0.2, 0.25) is 11.1 Å². The minimum Gasteiger partial charge on any atom is -0.397 e. The van der Waals surface area contributed by atoms with E-state index in [0.29, 0.717) is 16.5 Å². The fraction of sp³-hybridized carbons (Fsp3) is 1.00. The smallest absolute Gasteiger partial charge is 0.344 e. The van der Waals surface area contributed by atoms with Gasteiger partial charge in [-0.1, -0.05) is 40.5 Å². The maximum Gasteiger partial charge on any atom is 0.344 e. The largest absolute Gasteiger partial charge is 0.397 e. The fourth-order valence-corrected chi connectivity index (χ4v) is 10.8. The molecule has 0 aromatic carbocycles. The molecule has 0 heterocycles. The second-order valence-corrected chi connectivity index (χ2v) is 12.3. The summed E-state index contributed by atoms with van der Waals surface area (Å²) in [5, 5.41) is 0. The predicted molar refractivity (Wildman–Crippen MR) is 91.7 cm³/mol. The van der Waals surface area contributed by atoms with Crippen LogP contribution in [0.5, 0.6) is 0 Å². The summed E-state index contributed by atoms with van der Waals surface area (Å²) >= 11 is 0. The summed E-state index contributed by atoms with van der Waals surface area (Å²) in [6, 6.07) is 0. The zero-order valence-electron chi connectivity index (χ0n) is 15.1. The third-order valence-electron chi connectivity index (χ3n) is 6.38. The van der Waals surface area contributed by atoms with Crippen LogP contribution in [0.3, 0.4) is 0 Å². The normalized spacial score (nSPS) is 37.4. The summed E-state index contributed by atoms with van der Waals surface area (Å²) in [5.41, 5.74) is 1.70. The zero-order chi connectivity index (χ0) is 15.7. The molecule has 0 amide bonds. The lowest BCUT2D eigenvalue weighted by Gasteiger charge is -2.51. The number of rotatable bonds is 4. The summed E-state index contributed by atoms with van der Waals surface area (Å²) in [7, 11) is 1.71. The molecular formula is C18H36O2Si. The van der Waals surface area contributed by atoms with Crippen LogP contribution in [0.15, 0.2) is 0 Å². The molecule has 21 heavy (non-hydrogen) atoms. The van der Waals surface area contributed by atoms with Crippen LogP contribution in [0.4, 0.5) is 0 Å². The molecule has 0 aromatic rings. The molecule has 0 aliphatic heterocycles. The van der Waals surface area contributed by atoms with Crippen LogP contribution in [0, 0.1) is 17.3 Å². The van der Waals surface area contributed by atoms with Crippen molar-refractivity contribution in [2.75, 3.05) is 14.2 Å². The highest BCUT2D eigenvalue weighted by Crippen LogP contribution is 2.57. The molecule has 2 rings (SSSR count). The van der Waals surface area contributed by atoms with Gasteiger partial charge in [-0.05, 0) is 49.4 Å². The van der Waals surface area contributed by atoms with Gasteiger partial charge in [-0.2, -0.15) is 0 Å². The minimum atomic E-state index is -2.16. The van der Waals surface area contributed by atoms with Crippen molar-refractivity contribution >= 4 is 8.56 Å². The Morgan fingerprint density at radius 3 is 1.95 bits per heavy atom. The Bertz CT molecular complexity index is 328. The molecule has 2 fully saturated rings. The molecule has 3 atom stereocenters. The minimum absolute atomic E-state index is 0.375. The maximum atomic E-state index is 6.32. The van der Waals surface area contributed by atoms with Crippen LogP contribution in [-0.4, -0.2) is 22.8 Å². The van der Waals surface area contributed by atoms with E-state index in [1.54, 1.807) is 0 Å². The van der Waals surface area contributed by atoms with E-state index in [1.807, 2.05) is 14.2 Å². The van der Waals surface area contributed by atoms with Crippen molar-refractivity contribution < 1.29 is 8.85 Å². The molecule has 0 bridgehead atoms. The first kappa shape index (κ1) is 17.5. The predicted octanol–water partition coefficient (Wildman–Crippen LogP) is 5.52. The molecule has 0 spiro atoms. The zero-order valence-corrected chi connectivity index (χ0v) is 16.1. The van der Waals surface area contributed by atoms with E-state index >= 15 is 0 Å². The van der Waals surface area contributed by atoms with Gasteiger partial charge in [-0.3, -0.25) is 0 Å². The van der Waals surface area contributed by atoms with E-state index in [2.05, 4.69) is 27.7 Å². The van der Waals surface area contributed by atoms with Crippen molar-refractivity contribution in [2.24, 2.45) is 17.3 Å². The summed E-state index contributed by atoms with van der Waals surface area (Å²) in [5.74, 6) is 1.64. The van der Waals surface area contributed by atoms with Gasteiger partial charge in [-0.25, -0.2) is 0 Å². The van der Waals surface area contributed by atoms with Crippen LogP contribution >= 0.6 is 0 Å². The van der Waals surface area contributed by atoms with E-state index in [4.69, 9.17) is 8.85 Å². The molecule has 0 N–H and O–H groups in total. The van der Waals surface area contributed by atoms with E-state index in [-0.39, 0.29) is 0 Å². The highest BCUT2D eigenvalue weighted by atomic mass is 28.4. The van der Waals surface area contributed by atoms with Crippen LogP contribution < -0.4 is 0 Å². The van der Waals surface area contributed by atoms with Crippen molar-refractivity contribution in [1.82, 2.24) is 0 Å². The Morgan fingerprint density at radius 2 is 1.48 bits per heavy atom. The molecule has 3 unspecified atom stereocenters. The molecule has 2 aliphatic rings. The first-order chi connectivity index (χ1) is 9.85. The first-order valence-electron chi connectivity index (χ1n) is 8.96. The SMILES string of the molecule is CO[Si](OC)(C1CC(C)CC(C)C1)C1CCCCC1(C)C. The summed E-state index contributed by atoms with van der Waals surface area (Å²) in [6.07, 6.45) is 9.36. The van der Waals surface area contributed by atoms with Crippen LogP contribution in [0.1, 0.15) is 72.6 Å². The van der Waals surface area contributed by atoms with Gasteiger partial charge in [0.05, 0.1) is 0 Å². The first-order valence-corrected chi connectivity index (χ1v) is 10.9. The van der Waals surface area contributed by atoms with Gasteiger partial charge >= 0.3 is 8.56 Å². The van der Waals surface area contributed by atoms with E-state index in [1.165, 1.54) is 44.9 Å². The van der Waals surface area contributed by atoms with E-state index < -0.39 is 8.56 Å². The second-order valence-electron chi connectivity index (χ2n) is 8.53. The second kappa shape index (κ2) is 6.72. The Hall–Kier alpha value is 0.137. The molecular weight excluding hydrogens is 276 g/mol. The topological polar surface area (TPSA) is 18.5 Å². The Labute approximate surface area is 133 Å². The lowest BCUT2D eigenvalue weighted by Crippen LogP contribution is -2.55. The molecule has 0 radical (unpaired) electrons. The van der Waals surface area contributed by atoms with Crippen molar-refractivity contribution in [2.45, 2.75) is 83.7 Å². The Kier molecular flexibility index (Phi) is 5.59.